The summed E-state index contributed by atoms with van der Waals surface area (Å²) in [5, 5.41) is 5.38. The van der Waals surface area contributed by atoms with Crippen LogP contribution in [-0.2, 0) is 22.4 Å². The standard InChI is InChI=1S/C23H29N3O2S/c1-3-13-26-14-5-6-18-15-17(9-10-21(18)26)11-12-24-22(27)23(28)25-19-7-4-8-20(16-19)29-2/h4,7-10,15-16H,3,5-6,11-14H2,1-2H3,(H,24,27)(H,25,28). The lowest BCUT2D eigenvalue weighted by atomic mass is 9.98. The van der Waals surface area contributed by atoms with Crippen molar-refractivity contribution in [1.29, 1.82) is 0 Å². The third-order valence-electron chi connectivity index (χ3n) is 5.09. The highest BCUT2D eigenvalue weighted by Crippen LogP contribution is 2.28. The van der Waals surface area contributed by atoms with Crippen LogP contribution in [0.2, 0.25) is 0 Å². The van der Waals surface area contributed by atoms with Gasteiger partial charge in [0.15, 0.2) is 0 Å². The maximum absolute atomic E-state index is 12.1. The molecule has 0 radical (unpaired) electrons. The zero-order valence-corrected chi connectivity index (χ0v) is 18.0. The van der Waals surface area contributed by atoms with Crippen LogP contribution in [0.1, 0.15) is 30.9 Å². The number of amides is 2. The predicted octanol–water partition coefficient (Wildman–Crippen LogP) is 3.87. The lowest BCUT2D eigenvalue weighted by Gasteiger charge is -2.31. The molecule has 2 N–H and O–H groups in total. The lowest BCUT2D eigenvalue weighted by molar-refractivity contribution is -0.136. The first-order valence-electron chi connectivity index (χ1n) is 10.2. The number of aryl methyl sites for hydroxylation is 1. The average molecular weight is 412 g/mol. The Morgan fingerprint density at radius 2 is 2.00 bits per heavy atom. The maximum Gasteiger partial charge on any atom is 0.313 e. The molecule has 5 nitrogen and oxygen atoms in total. The summed E-state index contributed by atoms with van der Waals surface area (Å²) in [7, 11) is 0. The third-order valence-corrected chi connectivity index (χ3v) is 5.81. The topological polar surface area (TPSA) is 61.4 Å². The number of carbonyl (C=O) groups excluding carboxylic acids is 2. The van der Waals surface area contributed by atoms with Crippen molar-refractivity contribution in [1.82, 2.24) is 5.32 Å². The average Bonchev–Trinajstić information content (AvgIpc) is 2.74. The number of anilines is 2. The van der Waals surface area contributed by atoms with Crippen molar-refractivity contribution in [3.05, 3.63) is 53.6 Å². The Kier molecular flexibility index (Phi) is 7.58. The molecule has 0 saturated carbocycles. The Morgan fingerprint density at radius 3 is 2.79 bits per heavy atom. The number of carbonyl (C=O) groups is 2. The molecule has 3 rings (SSSR count). The second kappa shape index (κ2) is 10.3. The molecule has 0 bridgehead atoms. The minimum atomic E-state index is -0.635. The summed E-state index contributed by atoms with van der Waals surface area (Å²) < 4.78 is 0. The number of rotatable bonds is 7. The van der Waals surface area contributed by atoms with E-state index in [9.17, 15) is 9.59 Å². The van der Waals surface area contributed by atoms with Gasteiger partial charge in [0.05, 0.1) is 0 Å². The molecule has 0 atom stereocenters. The van der Waals surface area contributed by atoms with Gasteiger partial charge >= 0.3 is 11.8 Å². The minimum absolute atomic E-state index is 0.439. The summed E-state index contributed by atoms with van der Waals surface area (Å²) in [5.74, 6) is -1.24. The highest BCUT2D eigenvalue weighted by molar-refractivity contribution is 7.98. The largest absolute Gasteiger partial charge is 0.371 e. The predicted molar refractivity (Wildman–Crippen MR) is 121 cm³/mol. The smallest absolute Gasteiger partial charge is 0.313 e. The number of fused-ring (bicyclic) bond motifs is 1. The van der Waals surface area contributed by atoms with Crippen LogP contribution in [0.25, 0.3) is 0 Å². The Hall–Kier alpha value is -2.47. The number of hydrogen-bond donors (Lipinski definition) is 2. The van der Waals surface area contributed by atoms with E-state index in [4.69, 9.17) is 0 Å². The molecule has 1 heterocycles. The summed E-state index contributed by atoms with van der Waals surface area (Å²) >= 11 is 1.59. The number of nitrogens with one attached hydrogen (secondary N) is 2. The fourth-order valence-electron chi connectivity index (χ4n) is 3.68. The van der Waals surface area contributed by atoms with E-state index >= 15 is 0 Å². The molecule has 1 aliphatic rings. The Labute approximate surface area is 177 Å². The second-order valence-corrected chi connectivity index (χ2v) is 8.13. The van der Waals surface area contributed by atoms with Crippen LogP contribution < -0.4 is 15.5 Å². The summed E-state index contributed by atoms with van der Waals surface area (Å²) in [6, 6.07) is 14.0. The first kappa shape index (κ1) is 21.2. The van der Waals surface area contributed by atoms with E-state index in [1.54, 1.807) is 17.8 Å². The second-order valence-electron chi connectivity index (χ2n) is 7.25. The molecule has 2 amide bonds. The van der Waals surface area contributed by atoms with Gasteiger partial charge in [0.2, 0.25) is 0 Å². The minimum Gasteiger partial charge on any atom is -0.371 e. The quantitative estimate of drug-likeness (QED) is 0.536. The molecule has 154 valence electrons. The van der Waals surface area contributed by atoms with Crippen LogP contribution in [0.5, 0.6) is 0 Å². The molecule has 0 spiro atoms. The molecule has 6 heteroatoms. The molecule has 0 aliphatic carbocycles. The summed E-state index contributed by atoms with van der Waals surface area (Å²) in [6.07, 6.45) is 6.12. The molecular weight excluding hydrogens is 382 g/mol. The molecule has 0 aromatic heterocycles. The van der Waals surface area contributed by atoms with Crippen LogP contribution in [0.4, 0.5) is 11.4 Å². The van der Waals surface area contributed by atoms with Gasteiger partial charge in [-0.2, -0.15) is 0 Å². The Bertz CT molecular complexity index is 869. The zero-order chi connectivity index (χ0) is 20.6. The van der Waals surface area contributed by atoms with Crippen molar-refractivity contribution in [2.75, 3.05) is 36.1 Å². The van der Waals surface area contributed by atoms with Crippen LogP contribution in [-0.4, -0.2) is 37.7 Å². The first-order chi connectivity index (χ1) is 14.1. The maximum atomic E-state index is 12.1. The van der Waals surface area contributed by atoms with E-state index in [0.29, 0.717) is 18.7 Å². The van der Waals surface area contributed by atoms with Gasteiger partial charge in [0, 0.05) is 35.9 Å². The van der Waals surface area contributed by atoms with Crippen molar-refractivity contribution in [2.24, 2.45) is 0 Å². The number of nitrogens with zero attached hydrogens (tertiary/aromatic N) is 1. The normalized spacial score (nSPS) is 13.0. The molecule has 0 fully saturated rings. The monoisotopic (exact) mass is 411 g/mol. The van der Waals surface area contributed by atoms with Crippen molar-refractivity contribution in [3.8, 4) is 0 Å². The SMILES string of the molecule is CCCN1CCCc2cc(CCNC(=O)C(=O)Nc3cccc(SC)c3)ccc21. The number of benzene rings is 2. The van der Waals surface area contributed by atoms with Gasteiger partial charge in [0.1, 0.15) is 0 Å². The highest BCUT2D eigenvalue weighted by Gasteiger charge is 2.17. The van der Waals surface area contributed by atoms with E-state index in [2.05, 4.69) is 40.7 Å². The molecule has 2 aromatic rings. The summed E-state index contributed by atoms with van der Waals surface area (Å²) in [4.78, 5) is 27.7. The fourth-order valence-corrected chi connectivity index (χ4v) is 4.13. The molecule has 29 heavy (non-hydrogen) atoms. The van der Waals surface area contributed by atoms with Gasteiger partial charge < -0.3 is 15.5 Å². The third kappa shape index (κ3) is 5.76. The Balaban J connectivity index is 1.50. The zero-order valence-electron chi connectivity index (χ0n) is 17.2. The summed E-state index contributed by atoms with van der Waals surface area (Å²) in [6.45, 7) is 4.87. The van der Waals surface area contributed by atoms with Crippen molar-refractivity contribution in [2.45, 2.75) is 37.5 Å². The van der Waals surface area contributed by atoms with Crippen molar-refractivity contribution < 1.29 is 9.59 Å². The number of hydrogen-bond acceptors (Lipinski definition) is 4. The van der Waals surface area contributed by atoms with Gasteiger partial charge in [-0.05, 0) is 67.3 Å². The van der Waals surface area contributed by atoms with Crippen molar-refractivity contribution in [3.63, 3.8) is 0 Å². The van der Waals surface area contributed by atoms with Gasteiger partial charge in [0.25, 0.3) is 0 Å². The first-order valence-corrected chi connectivity index (χ1v) is 11.4. The van der Waals surface area contributed by atoms with Gasteiger partial charge in [-0.3, -0.25) is 9.59 Å². The van der Waals surface area contributed by atoms with E-state index in [-0.39, 0.29) is 0 Å². The van der Waals surface area contributed by atoms with Crippen LogP contribution in [0.15, 0.2) is 47.4 Å². The van der Waals surface area contributed by atoms with Crippen molar-refractivity contribution >= 4 is 35.0 Å². The van der Waals surface area contributed by atoms with Crippen LogP contribution >= 0.6 is 11.8 Å². The lowest BCUT2D eigenvalue weighted by Crippen LogP contribution is -2.36. The molecule has 0 unspecified atom stereocenters. The molecule has 2 aromatic carbocycles. The van der Waals surface area contributed by atoms with Gasteiger partial charge in [-0.25, -0.2) is 0 Å². The van der Waals surface area contributed by atoms with Crippen LogP contribution in [0, 0.1) is 0 Å². The van der Waals surface area contributed by atoms with E-state index in [1.807, 2.05) is 24.5 Å². The van der Waals surface area contributed by atoms with E-state index in [1.165, 1.54) is 23.2 Å². The summed E-state index contributed by atoms with van der Waals surface area (Å²) in [5.41, 5.74) is 4.55. The van der Waals surface area contributed by atoms with Gasteiger partial charge in [-0.1, -0.05) is 25.1 Å². The van der Waals surface area contributed by atoms with E-state index in [0.717, 1.165) is 30.8 Å². The number of thioether (sulfide) groups is 1. The molecular formula is C23H29N3O2S. The highest BCUT2D eigenvalue weighted by atomic mass is 32.2. The fraction of sp³-hybridized carbons (Fsp3) is 0.391. The van der Waals surface area contributed by atoms with Gasteiger partial charge in [-0.15, -0.1) is 11.8 Å². The van der Waals surface area contributed by atoms with E-state index < -0.39 is 11.8 Å². The molecule has 1 aliphatic heterocycles. The molecule has 0 saturated heterocycles. The Morgan fingerprint density at radius 1 is 1.14 bits per heavy atom. The van der Waals surface area contributed by atoms with Crippen LogP contribution in [0.3, 0.4) is 0 Å².